The van der Waals surface area contributed by atoms with Gasteiger partial charge in [-0.3, -0.25) is 4.79 Å². The van der Waals surface area contributed by atoms with Crippen LogP contribution in [0.4, 0.5) is 0 Å². The molecule has 0 unspecified atom stereocenters. The zero-order valence-electron chi connectivity index (χ0n) is 10.2. The van der Waals surface area contributed by atoms with E-state index >= 15 is 0 Å². The average Bonchev–Trinajstić information content (AvgIpc) is 2.14. The van der Waals surface area contributed by atoms with Crippen molar-refractivity contribution in [2.24, 2.45) is 17.6 Å². The predicted molar refractivity (Wildman–Crippen MR) is 62.4 cm³/mol. The molecule has 3 N–H and O–H groups in total. The molecule has 0 aromatic carbocycles. The molecular formula is C12H24N2O. The topological polar surface area (TPSA) is 55.1 Å². The van der Waals surface area contributed by atoms with Crippen LogP contribution >= 0.6 is 0 Å². The van der Waals surface area contributed by atoms with Crippen molar-refractivity contribution in [3.8, 4) is 0 Å². The number of nitrogens with one attached hydrogen (secondary N) is 1. The molecule has 0 aromatic heterocycles. The summed E-state index contributed by atoms with van der Waals surface area (Å²) < 4.78 is 0. The third kappa shape index (κ3) is 4.65. The van der Waals surface area contributed by atoms with Crippen LogP contribution in [0.3, 0.4) is 0 Å². The van der Waals surface area contributed by atoms with Gasteiger partial charge >= 0.3 is 0 Å². The van der Waals surface area contributed by atoms with Crippen LogP contribution in [0.25, 0.3) is 0 Å². The number of nitrogens with two attached hydrogens (primary N) is 1. The normalized spacial score (nSPS) is 27.5. The first-order valence-electron chi connectivity index (χ1n) is 5.95. The SMILES string of the molecule is CC1CCC(C(=O)NCC(C)(C)N)CC1. The molecule has 1 amide bonds. The third-order valence-corrected chi connectivity index (χ3v) is 3.10. The monoisotopic (exact) mass is 212 g/mol. The number of carbonyl (C=O) groups excluding carboxylic acids is 1. The molecule has 1 fully saturated rings. The van der Waals surface area contributed by atoms with E-state index < -0.39 is 0 Å². The maximum absolute atomic E-state index is 11.8. The molecule has 1 saturated carbocycles. The van der Waals surface area contributed by atoms with Crippen molar-refractivity contribution in [1.29, 1.82) is 0 Å². The number of amides is 1. The zero-order chi connectivity index (χ0) is 11.5. The molecule has 0 aliphatic heterocycles. The summed E-state index contributed by atoms with van der Waals surface area (Å²) in [5.74, 6) is 1.21. The van der Waals surface area contributed by atoms with E-state index in [1.54, 1.807) is 0 Å². The van der Waals surface area contributed by atoms with E-state index in [1.165, 1.54) is 12.8 Å². The van der Waals surface area contributed by atoms with Crippen LogP contribution in [0, 0.1) is 11.8 Å². The Balaban J connectivity index is 2.29. The fourth-order valence-electron chi connectivity index (χ4n) is 1.98. The molecule has 0 aromatic rings. The van der Waals surface area contributed by atoms with Crippen LogP contribution in [0.15, 0.2) is 0 Å². The summed E-state index contributed by atoms with van der Waals surface area (Å²) >= 11 is 0. The molecule has 3 heteroatoms. The van der Waals surface area contributed by atoms with Crippen LogP contribution in [0.2, 0.25) is 0 Å². The molecule has 0 bridgehead atoms. The molecule has 1 aliphatic rings. The van der Waals surface area contributed by atoms with Crippen molar-refractivity contribution < 1.29 is 4.79 Å². The molecule has 0 heterocycles. The van der Waals surface area contributed by atoms with E-state index in [4.69, 9.17) is 5.73 Å². The third-order valence-electron chi connectivity index (χ3n) is 3.10. The minimum absolute atomic E-state index is 0.195. The van der Waals surface area contributed by atoms with E-state index in [9.17, 15) is 4.79 Å². The standard InChI is InChI=1S/C12H24N2O/c1-9-4-6-10(7-5-9)11(15)14-8-12(2,3)13/h9-10H,4-8,13H2,1-3H3,(H,14,15). The zero-order valence-corrected chi connectivity index (χ0v) is 10.2. The number of rotatable bonds is 3. The van der Waals surface area contributed by atoms with Crippen molar-refractivity contribution in [2.45, 2.75) is 52.0 Å². The number of hydrogen-bond donors (Lipinski definition) is 2. The van der Waals surface area contributed by atoms with E-state index in [1.807, 2.05) is 13.8 Å². The summed E-state index contributed by atoms with van der Waals surface area (Å²) in [6, 6.07) is 0. The Morgan fingerprint density at radius 2 is 1.87 bits per heavy atom. The highest BCUT2D eigenvalue weighted by molar-refractivity contribution is 5.78. The van der Waals surface area contributed by atoms with Gasteiger partial charge in [0.2, 0.25) is 5.91 Å². The summed E-state index contributed by atoms with van der Waals surface area (Å²) in [5.41, 5.74) is 5.51. The van der Waals surface area contributed by atoms with Gasteiger partial charge in [0.15, 0.2) is 0 Å². The van der Waals surface area contributed by atoms with E-state index in [2.05, 4.69) is 12.2 Å². The lowest BCUT2D eigenvalue weighted by molar-refractivity contribution is -0.126. The highest BCUT2D eigenvalue weighted by atomic mass is 16.1. The lowest BCUT2D eigenvalue weighted by atomic mass is 9.82. The molecule has 1 rings (SSSR count). The second-order valence-electron chi connectivity index (χ2n) is 5.66. The molecule has 15 heavy (non-hydrogen) atoms. The molecule has 3 nitrogen and oxygen atoms in total. The minimum atomic E-state index is -0.308. The molecule has 0 spiro atoms. The Bertz CT molecular complexity index is 212. The van der Waals surface area contributed by atoms with Crippen molar-refractivity contribution in [3.63, 3.8) is 0 Å². The summed E-state index contributed by atoms with van der Waals surface area (Å²) in [6.07, 6.45) is 4.45. The number of hydrogen-bond acceptors (Lipinski definition) is 2. The van der Waals surface area contributed by atoms with E-state index in [-0.39, 0.29) is 17.4 Å². The van der Waals surface area contributed by atoms with Gasteiger partial charge in [0.05, 0.1) is 0 Å². The summed E-state index contributed by atoms with van der Waals surface area (Å²) in [6.45, 7) is 6.68. The molecule has 0 atom stereocenters. The summed E-state index contributed by atoms with van der Waals surface area (Å²) in [4.78, 5) is 11.8. The lowest BCUT2D eigenvalue weighted by Gasteiger charge is -2.27. The Kier molecular flexibility index (Phi) is 4.14. The van der Waals surface area contributed by atoms with Crippen molar-refractivity contribution in [2.75, 3.05) is 6.54 Å². The Morgan fingerprint density at radius 1 is 1.33 bits per heavy atom. The van der Waals surface area contributed by atoms with Gasteiger partial charge in [-0.05, 0) is 45.4 Å². The van der Waals surface area contributed by atoms with Crippen LogP contribution in [-0.4, -0.2) is 18.0 Å². The molecule has 88 valence electrons. The van der Waals surface area contributed by atoms with Gasteiger partial charge in [-0.1, -0.05) is 6.92 Å². The van der Waals surface area contributed by atoms with Gasteiger partial charge < -0.3 is 11.1 Å². The maximum atomic E-state index is 11.8. The fraction of sp³-hybridized carbons (Fsp3) is 0.917. The highest BCUT2D eigenvalue weighted by Crippen LogP contribution is 2.28. The fourth-order valence-corrected chi connectivity index (χ4v) is 1.98. The van der Waals surface area contributed by atoms with Crippen molar-refractivity contribution >= 4 is 5.91 Å². The Hall–Kier alpha value is -0.570. The van der Waals surface area contributed by atoms with Gasteiger partial charge in [-0.25, -0.2) is 0 Å². The van der Waals surface area contributed by atoms with Gasteiger partial charge in [-0.2, -0.15) is 0 Å². The van der Waals surface area contributed by atoms with E-state index in [0.717, 1.165) is 18.8 Å². The average molecular weight is 212 g/mol. The Labute approximate surface area is 92.8 Å². The lowest BCUT2D eigenvalue weighted by Crippen LogP contribution is -2.46. The second kappa shape index (κ2) is 4.97. The van der Waals surface area contributed by atoms with Crippen LogP contribution in [0.1, 0.15) is 46.5 Å². The second-order valence-corrected chi connectivity index (χ2v) is 5.66. The largest absolute Gasteiger partial charge is 0.354 e. The van der Waals surface area contributed by atoms with Crippen LogP contribution in [-0.2, 0) is 4.79 Å². The predicted octanol–water partition coefficient (Wildman–Crippen LogP) is 1.67. The summed E-state index contributed by atoms with van der Waals surface area (Å²) in [7, 11) is 0. The minimum Gasteiger partial charge on any atom is -0.354 e. The summed E-state index contributed by atoms with van der Waals surface area (Å²) in [5, 5.41) is 2.94. The van der Waals surface area contributed by atoms with Crippen LogP contribution in [0.5, 0.6) is 0 Å². The van der Waals surface area contributed by atoms with Gasteiger partial charge in [0.25, 0.3) is 0 Å². The maximum Gasteiger partial charge on any atom is 0.223 e. The van der Waals surface area contributed by atoms with Gasteiger partial charge in [0, 0.05) is 18.0 Å². The van der Waals surface area contributed by atoms with Crippen molar-refractivity contribution in [1.82, 2.24) is 5.32 Å². The van der Waals surface area contributed by atoms with Crippen molar-refractivity contribution in [3.05, 3.63) is 0 Å². The highest BCUT2D eigenvalue weighted by Gasteiger charge is 2.24. The molecule has 0 saturated heterocycles. The molecule has 1 aliphatic carbocycles. The number of carbonyl (C=O) groups is 1. The first-order chi connectivity index (χ1) is 6.88. The molecule has 0 radical (unpaired) electrons. The van der Waals surface area contributed by atoms with Crippen LogP contribution < -0.4 is 11.1 Å². The van der Waals surface area contributed by atoms with E-state index in [0.29, 0.717) is 6.54 Å². The molecular weight excluding hydrogens is 188 g/mol. The quantitative estimate of drug-likeness (QED) is 0.747. The Morgan fingerprint density at radius 3 is 2.33 bits per heavy atom. The first-order valence-corrected chi connectivity index (χ1v) is 5.95. The van der Waals surface area contributed by atoms with Gasteiger partial charge in [0.1, 0.15) is 0 Å². The smallest absolute Gasteiger partial charge is 0.223 e. The first kappa shape index (κ1) is 12.5. The van der Waals surface area contributed by atoms with Gasteiger partial charge in [-0.15, -0.1) is 0 Å².